The van der Waals surface area contributed by atoms with Crippen LogP contribution in [0.3, 0.4) is 0 Å². The number of aliphatic hydroxyl groups is 1. The van der Waals surface area contributed by atoms with Gasteiger partial charge >= 0.3 is 6.03 Å². The highest BCUT2D eigenvalue weighted by atomic mass is 16.5. The second-order valence-corrected chi connectivity index (χ2v) is 7.00. The maximum absolute atomic E-state index is 11.9. The summed E-state index contributed by atoms with van der Waals surface area (Å²) in [5.41, 5.74) is 1.79. The van der Waals surface area contributed by atoms with Crippen LogP contribution in [-0.2, 0) is 4.79 Å². The summed E-state index contributed by atoms with van der Waals surface area (Å²) in [7, 11) is 1.58. The molecule has 164 valence electrons. The Morgan fingerprint density at radius 3 is 2.81 bits per heavy atom. The first-order valence-electron chi connectivity index (χ1n) is 9.90. The Morgan fingerprint density at radius 2 is 2.03 bits per heavy atom. The van der Waals surface area contributed by atoms with Crippen LogP contribution < -0.4 is 25.6 Å². The van der Waals surface area contributed by atoms with Crippen molar-refractivity contribution >= 4 is 35.1 Å². The van der Waals surface area contributed by atoms with Gasteiger partial charge < -0.3 is 25.8 Å². The van der Waals surface area contributed by atoms with Gasteiger partial charge in [0, 0.05) is 18.4 Å². The lowest BCUT2D eigenvalue weighted by Crippen LogP contribution is -2.30. The van der Waals surface area contributed by atoms with Gasteiger partial charge in [0.2, 0.25) is 5.95 Å². The number of carbonyl (C=O) groups excluding carboxylic acids is 2. The number of aliphatic hydroxyl groups excluding tert-OH is 1. The molecule has 0 aliphatic carbocycles. The molecule has 10 nitrogen and oxygen atoms in total. The van der Waals surface area contributed by atoms with Crippen LogP contribution >= 0.6 is 0 Å². The number of rotatable bonds is 8. The van der Waals surface area contributed by atoms with E-state index in [1.807, 2.05) is 18.2 Å². The van der Waals surface area contributed by atoms with Gasteiger partial charge in [-0.1, -0.05) is 18.2 Å². The van der Waals surface area contributed by atoms with E-state index in [9.17, 15) is 14.7 Å². The zero-order valence-electron chi connectivity index (χ0n) is 17.3. The SMILES string of the molecule is COc1cccc(C(O)CNc2ccnc(Nc3cccc(N4C(=O)CNC4=O)c3)n2)c1. The van der Waals surface area contributed by atoms with Crippen molar-refractivity contribution in [1.82, 2.24) is 15.3 Å². The summed E-state index contributed by atoms with van der Waals surface area (Å²) in [5, 5.41) is 19.1. The second kappa shape index (κ2) is 9.31. The molecule has 1 aliphatic rings. The molecule has 1 fully saturated rings. The molecule has 2 aromatic carbocycles. The number of carbonyl (C=O) groups is 2. The Kier molecular flexibility index (Phi) is 6.13. The fourth-order valence-corrected chi connectivity index (χ4v) is 3.22. The first kappa shape index (κ1) is 21.1. The first-order valence-corrected chi connectivity index (χ1v) is 9.90. The van der Waals surface area contributed by atoms with E-state index in [0.29, 0.717) is 28.9 Å². The van der Waals surface area contributed by atoms with E-state index in [4.69, 9.17) is 4.74 Å². The molecular weight excluding hydrogens is 412 g/mol. The Labute approximate surface area is 184 Å². The summed E-state index contributed by atoms with van der Waals surface area (Å²) in [6.07, 6.45) is 0.828. The van der Waals surface area contributed by atoms with E-state index in [2.05, 4.69) is 25.9 Å². The predicted molar refractivity (Wildman–Crippen MR) is 119 cm³/mol. The van der Waals surface area contributed by atoms with Crippen molar-refractivity contribution in [1.29, 1.82) is 0 Å². The van der Waals surface area contributed by atoms with E-state index < -0.39 is 12.1 Å². The third kappa shape index (κ3) is 4.76. The zero-order valence-corrected chi connectivity index (χ0v) is 17.3. The van der Waals surface area contributed by atoms with E-state index in [1.54, 1.807) is 49.7 Å². The molecule has 32 heavy (non-hydrogen) atoms. The highest BCUT2D eigenvalue weighted by molar-refractivity contribution is 6.19. The molecule has 4 rings (SSSR count). The molecule has 1 unspecified atom stereocenters. The molecule has 10 heteroatoms. The minimum absolute atomic E-state index is 0.0189. The quantitative estimate of drug-likeness (QED) is 0.398. The van der Waals surface area contributed by atoms with Gasteiger partial charge in [0.05, 0.1) is 25.4 Å². The van der Waals surface area contributed by atoms with Crippen molar-refractivity contribution in [3.8, 4) is 5.75 Å². The molecule has 2 heterocycles. The van der Waals surface area contributed by atoms with Crippen molar-refractivity contribution in [2.75, 3.05) is 35.7 Å². The lowest BCUT2D eigenvalue weighted by Gasteiger charge is -2.15. The van der Waals surface area contributed by atoms with Gasteiger partial charge in [0.25, 0.3) is 5.91 Å². The van der Waals surface area contributed by atoms with Crippen molar-refractivity contribution in [2.45, 2.75) is 6.10 Å². The van der Waals surface area contributed by atoms with Crippen LogP contribution in [0.4, 0.5) is 27.9 Å². The number of nitrogens with one attached hydrogen (secondary N) is 3. The minimum Gasteiger partial charge on any atom is -0.497 e. The molecule has 1 saturated heterocycles. The van der Waals surface area contributed by atoms with Crippen LogP contribution in [0.2, 0.25) is 0 Å². The third-order valence-corrected chi connectivity index (χ3v) is 4.81. The van der Waals surface area contributed by atoms with Gasteiger partial charge in [0.1, 0.15) is 11.6 Å². The Hall–Kier alpha value is -4.18. The smallest absolute Gasteiger partial charge is 0.329 e. The number of methoxy groups -OCH3 is 1. The molecule has 1 aliphatic heterocycles. The molecular formula is C22H22N6O4. The zero-order chi connectivity index (χ0) is 22.5. The predicted octanol–water partition coefficient (Wildman–Crippen LogP) is 2.43. The highest BCUT2D eigenvalue weighted by Gasteiger charge is 2.29. The van der Waals surface area contributed by atoms with Crippen LogP contribution in [0.5, 0.6) is 5.75 Å². The third-order valence-electron chi connectivity index (χ3n) is 4.81. The highest BCUT2D eigenvalue weighted by Crippen LogP contribution is 2.24. The summed E-state index contributed by atoms with van der Waals surface area (Å²) < 4.78 is 5.19. The van der Waals surface area contributed by atoms with Crippen molar-refractivity contribution in [3.63, 3.8) is 0 Å². The molecule has 1 atom stereocenters. The molecule has 4 N–H and O–H groups in total. The van der Waals surface area contributed by atoms with Crippen LogP contribution in [0, 0.1) is 0 Å². The number of benzene rings is 2. The Balaban J connectivity index is 1.42. The standard InChI is InChI=1S/C22H22N6O4/c1-32-17-7-2-4-14(10-17)18(29)12-24-19-8-9-23-21(27-19)26-15-5-3-6-16(11-15)28-20(30)13-25-22(28)31/h2-11,18,29H,12-13H2,1H3,(H,25,31)(H2,23,24,26,27). The second-order valence-electron chi connectivity index (χ2n) is 7.00. The summed E-state index contributed by atoms with van der Waals surface area (Å²) >= 11 is 0. The van der Waals surface area contributed by atoms with Gasteiger partial charge in [-0.2, -0.15) is 4.98 Å². The molecule has 3 aromatic rings. The lowest BCUT2D eigenvalue weighted by molar-refractivity contribution is -0.115. The molecule has 1 aromatic heterocycles. The van der Waals surface area contributed by atoms with E-state index >= 15 is 0 Å². The monoisotopic (exact) mass is 434 g/mol. The summed E-state index contributed by atoms with van der Waals surface area (Å²) in [6, 6.07) is 15.3. The average Bonchev–Trinajstić information content (AvgIpc) is 3.15. The summed E-state index contributed by atoms with van der Waals surface area (Å²) in [4.78, 5) is 33.5. The van der Waals surface area contributed by atoms with Crippen LogP contribution in [0.25, 0.3) is 0 Å². The number of hydrogen-bond donors (Lipinski definition) is 4. The Morgan fingerprint density at radius 1 is 1.19 bits per heavy atom. The van der Waals surface area contributed by atoms with Gasteiger partial charge in [-0.3, -0.25) is 4.79 Å². The van der Waals surface area contributed by atoms with E-state index in [1.165, 1.54) is 0 Å². The average molecular weight is 434 g/mol. The van der Waals surface area contributed by atoms with E-state index in [0.717, 1.165) is 10.5 Å². The summed E-state index contributed by atoms with van der Waals surface area (Å²) in [5.74, 6) is 1.20. The fourth-order valence-electron chi connectivity index (χ4n) is 3.22. The number of anilines is 4. The van der Waals surface area contributed by atoms with Crippen molar-refractivity contribution in [3.05, 3.63) is 66.4 Å². The van der Waals surface area contributed by atoms with Gasteiger partial charge in [0.15, 0.2) is 0 Å². The maximum Gasteiger partial charge on any atom is 0.329 e. The first-order chi connectivity index (χ1) is 15.5. The van der Waals surface area contributed by atoms with Gasteiger partial charge in [-0.25, -0.2) is 14.7 Å². The molecule has 0 spiro atoms. The topological polar surface area (TPSA) is 129 Å². The molecule has 0 radical (unpaired) electrons. The number of nitrogens with zero attached hydrogens (tertiary/aromatic N) is 3. The number of urea groups is 1. The lowest BCUT2D eigenvalue weighted by atomic mass is 10.1. The molecule has 3 amide bonds. The number of amides is 3. The van der Waals surface area contributed by atoms with Crippen molar-refractivity contribution in [2.24, 2.45) is 0 Å². The van der Waals surface area contributed by atoms with Gasteiger partial charge in [-0.15, -0.1) is 0 Å². The molecule has 0 bridgehead atoms. The van der Waals surface area contributed by atoms with Crippen LogP contribution in [0.15, 0.2) is 60.8 Å². The fraction of sp³-hybridized carbons (Fsp3) is 0.182. The number of ether oxygens (including phenoxy) is 1. The molecule has 0 saturated carbocycles. The largest absolute Gasteiger partial charge is 0.497 e. The normalized spacial score (nSPS) is 14.1. The number of aromatic nitrogens is 2. The summed E-state index contributed by atoms with van der Waals surface area (Å²) in [6.45, 7) is 0.222. The minimum atomic E-state index is -0.752. The Bertz CT molecular complexity index is 1120. The van der Waals surface area contributed by atoms with Gasteiger partial charge in [-0.05, 0) is 42.0 Å². The number of hydrogen-bond acceptors (Lipinski definition) is 8. The van der Waals surface area contributed by atoms with Crippen LogP contribution in [0.1, 0.15) is 11.7 Å². The number of imide groups is 1. The van der Waals surface area contributed by atoms with Crippen molar-refractivity contribution < 1.29 is 19.4 Å². The maximum atomic E-state index is 11.9. The van der Waals surface area contributed by atoms with Crippen LogP contribution in [-0.4, -0.2) is 47.2 Å². The van der Waals surface area contributed by atoms with E-state index in [-0.39, 0.29) is 19.0 Å².